The summed E-state index contributed by atoms with van der Waals surface area (Å²) in [6.07, 6.45) is 1.80. The number of hydrogen-bond acceptors (Lipinski definition) is 2. The first-order chi connectivity index (χ1) is 8.33. The highest BCUT2D eigenvalue weighted by Crippen LogP contribution is 2.25. The summed E-state index contributed by atoms with van der Waals surface area (Å²) in [6.45, 7) is 10.1. The predicted octanol–water partition coefficient (Wildman–Crippen LogP) is 4.60. The van der Waals surface area contributed by atoms with Crippen LogP contribution in [0.1, 0.15) is 33.3 Å². The van der Waals surface area contributed by atoms with Gasteiger partial charge in [0.2, 0.25) is 0 Å². The lowest BCUT2D eigenvalue weighted by Gasteiger charge is -2.05. The molecule has 0 amide bonds. The van der Waals surface area contributed by atoms with Crippen molar-refractivity contribution in [2.24, 2.45) is 0 Å². The minimum absolute atomic E-state index is 0.883. The molecule has 0 aliphatic heterocycles. The molecule has 2 rings (SSSR count). The van der Waals surface area contributed by atoms with Gasteiger partial charge in [0.15, 0.2) is 0 Å². The van der Waals surface area contributed by atoms with Crippen molar-refractivity contribution in [2.45, 2.75) is 34.6 Å². The molecule has 2 heteroatoms. The molecule has 0 spiro atoms. The molecule has 94 valence electrons. The van der Waals surface area contributed by atoms with Gasteiger partial charge in [0.05, 0.1) is 12.6 Å². The average Bonchev–Trinajstić information content (AvgIpc) is 2.44. The Bertz CT molecular complexity index is 438. The van der Waals surface area contributed by atoms with Gasteiger partial charge in [-0.1, -0.05) is 33.8 Å². The molecule has 2 nitrogen and oxygen atoms in total. The highest BCUT2D eigenvalue weighted by Gasteiger charge is 2.02. The number of aromatic nitrogens is 1. The molecule has 0 atom stereocenters. The molecule has 0 fully saturated rings. The maximum absolute atomic E-state index is 5.24. The fourth-order valence-corrected chi connectivity index (χ4v) is 1.47. The van der Waals surface area contributed by atoms with Crippen LogP contribution in [-0.4, -0.2) is 12.1 Å². The average molecular weight is 233 g/mol. The summed E-state index contributed by atoms with van der Waals surface area (Å²) < 4.78 is 5.24. The van der Waals surface area contributed by atoms with Gasteiger partial charge in [-0.25, -0.2) is 0 Å². The number of hydrogen-bond donors (Lipinski definition) is 0. The summed E-state index contributed by atoms with van der Waals surface area (Å²) in [5.41, 5.74) is 2.19. The predicted molar refractivity (Wildman–Crippen MR) is 75.7 cm³/mol. The summed E-state index contributed by atoms with van der Waals surface area (Å²) >= 11 is 0. The molecule has 0 aliphatic rings. The second-order valence-corrected chi connectivity index (χ2v) is 2.98. The van der Waals surface area contributed by atoms with Crippen molar-refractivity contribution in [1.82, 2.24) is 4.98 Å². The molecular weight excluding hydrogens is 210 g/mol. The van der Waals surface area contributed by atoms with E-state index in [4.69, 9.17) is 4.74 Å². The van der Waals surface area contributed by atoms with Crippen LogP contribution in [0.5, 0.6) is 5.75 Å². The zero-order chi connectivity index (χ0) is 13.3. The highest BCUT2D eigenvalue weighted by molar-refractivity contribution is 5.87. The lowest BCUT2D eigenvalue weighted by Crippen LogP contribution is -1.88. The van der Waals surface area contributed by atoms with E-state index in [1.807, 2.05) is 52.0 Å². The Hall–Kier alpha value is -1.57. The molecule has 2 aromatic rings. The van der Waals surface area contributed by atoms with Crippen molar-refractivity contribution in [2.75, 3.05) is 7.11 Å². The number of fused-ring (bicyclic) bond motifs is 1. The van der Waals surface area contributed by atoms with Crippen LogP contribution in [0.25, 0.3) is 10.9 Å². The number of aryl methyl sites for hydroxylation is 1. The van der Waals surface area contributed by atoms with Gasteiger partial charge >= 0.3 is 0 Å². The first-order valence-electron chi connectivity index (χ1n) is 6.21. The Labute approximate surface area is 105 Å². The van der Waals surface area contributed by atoms with E-state index in [0.717, 1.165) is 16.7 Å². The molecule has 1 heterocycles. The van der Waals surface area contributed by atoms with E-state index in [9.17, 15) is 0 Å². The van der Waals surface area contributed by atoms with Gasteiger partial charge in [-0.15, -0.1) is 0 Å². The maximum Gasteiger partial charge on any atom is 0.128 e. The molecule has 0 unspecified atom stereocenters. The van der Waals surface area contributed by atoms with Crippen molar-refractivity contribution in [3.8, 4) is 5.75 Å². The third-order valence-corrected chi connectivity index (χ3v) is 2.15. The monoisotopic (exact) mass is 233 g/mol. The number of rotatable bonds is 1. The van der Waals surface area contributed by atoms with Crippen LogP contribution in [0, 0.1) is 6.92 Å². The Balaban J connectivity index is 0.000000581. The van der Waals surface area contributed by atoms with Crippen molar-refractivity contribution >= 4 is 10.9 Å². The van der Waals surface area contributed by atoms with Crippen LogP contribution in [0.15, 0.2) is 30.5 Å². The minimum Gasteiger partial charge on any atom is -0.496 e. The van der Waals surface area contributed by atoms with Crippen molar-refractivity contribution in [1.29, 1.82) is 0 Å². The zero-order valence-corrected chi connectivity index (χ0v) is 11.7. The summed E-state index contributed by atoms with van der Waals surface area (Å²) in [5.74, 6) is 0.883. The van der Waals surface area contributed by atoms with E-state index in [2.05, 4.69) is 11.9 Å². The van der Waals surface area contributed by atoms with E-state index in [-0.39, 0.29) is 0 Å². The first-order valence-corrected chi connectivity index (χ1v) is 6.21. The Morgan fingerprint density at radius 3 is 2.24 bits per heavy atom. The molecule has 0 saturated carbocycles. The SMILES string of the molecule is CC.CC.COc1ccc(C)c2ncccc12. The lowest BCUT2D eigenvalue weighted by atomic mass is 10.1. The Kier molecular flexibility index (Phi) is 7.78. The fourth-order valence-electron chi connectivity index (χ4n) is 1.47. The van der Waals surface area contributed by atoms with E-state index in [1.165, 1.54) is 5.56 Å². The molecule has 0 N–H and O–H groups in total. The molecule has 0 bridgehead atoms. The van der Waals surface area contributed by atoms with Crippen molar-refractivity contribution < 1.29 is 4.74 Å². The number of benzene rings is 1. The normalized spacial score (nSPS) is 8.59. The van der Waals surface area contributed by atoms with Gasteiger partial charge in [-0.2, -0.15) is 0 Å². The number of pyridine rings is 1. The van der Waals surface area contributed by atoms with Gasteiger partial charge in [0, 0.05) is 11.6 Å². The largest absolute Gasteiger partial charge is 0.496 e. The van der Waals surface area contributed by atoms with Crippen molar-refractivity contribution in [3.63, 3.8) is 0 Å². The van der Waals surface area contributed by atoms with Gasteiger partial charge in [-0.3, -0.25) is 4.98 Å². The Morgan fingerprint density at radius 2 is 1.65 bits per heavy atom. The van der Waals surface area contributed by atoms with E-state index < -0.39 is 0 Å². The summed E-state index contributed by atoms with van der Waals surface area (Å²) in [4.78, 5) is 4.31. The van der Waals surface area contributed by atoms with Gasteiger partial charge < -0.3 is 4.74 Å². The third kappa shape index (κ3) is 3.74. The third-order valence-electron chi connectivity index (χ3n) is 2.15. The Morgan fingerprint density at radius 1 is 1.00 bits per heavy atom. The molecule has 0 aliphatic carbocycles. The summed E-state index contributed by atoms with van der Waals surface area (Å²) in [6, 6.07) is 7.94. The minimum atomic E-state index is 0.883. The highest BCUT2D eigenvalue weighted by atomic mass is 16.5. The van der Waals surface area contributed by atoms with Crippen LogP contribution in [0.4, 0.5) is 0 Å². The lowest BCUT2D eigenvalue weighted by molar-refractivity contribution is 0.419. The summed E-state index contributed by atoms with van der Waals surface area (Å²) in [5, 5.41) is 1.07. The van der Waals surface area contributed by atoms with Gasteiger partial charge in [0.25, 0.3) is 0 Å². The van der Waals surface area contributed by atoms with Crippen molar-refractivity contribution in [3.05, 3.63) is 36.0 Å². The van der Waals surface area contributed by atoms with Crippen LogP contribution in [0.3, 0.4) is 0 Å². The van der Waals surface area contributed by atoms with Crippen LogP contribution in [0.2, 0.25) is 0 Å². The topological polar surface area (TPSA) is 22.1 Å². The number of ether oxygens (including phenoxy) is 1. The van der Waals surface area contributed by atoms with Crippen LogP contribution < -0.4 is 4.74 Å². The maximum atomic E-state index is 5.24. The standard InChI is InChI=1S/C11H11NO.2C2H6/c1-8-5-6-10(13-2)9-4-3-7-12-11(8)9;2*1-2/h3-7H,1-2H3;2*1-2H3. The zero-order valence-electron chi connectivity index (χ0n) is 11.7. The first kappa shape index (κ1) is 15.4. The van der Waals surface area contributed by atoms with E-state index in [0.29, 0.717) is 0 Å². The molecule has 1 aromatic carbocycles. The molecule has 17 heavy (non-hydrogen) atoms. The fraction of sp³-hybridized carbons (Fsp3) is 0.400. The quantitative estimate of drug-likeness (QED) is 0.718. The van der Waals surface area contributed by atoms with Crippen LogP contribution >= 0.6 is 0 Å². The van der Waals surface area contributed by atoms with E-state index in [1.54, 1.807) is 13.3 Å². The smallest absolute Gasteiger partial charge is 0.128 e. The number of methoxy groups -OCH3 is 1. The second kappa shape index (κ2) is 8.57. The van der Waals surface area contributed by atoms with Gasteiger partial charge in [-0.05, 0) is 30.7 Å². The number of nitrogens with zero attached hydrogens (tertiary/aromatic N) is 1. The molecule has 0 radical (unpaired) electrons. The molecule has 1 aromatic heterocycles. The molecular formula is C15H23NO. The summed E-state index contributed by atoms with van der Waals surface area (Å²) in [7, 11) is 1.68. The van der Waals surface area contributed by atoms with Crippen LogP contribution in [-0.2, 0) is 0 Å². The van der Waals surface area contributed by atoms with Gasteiger partial charge in [0.1, 0.15) is 5.75 Å². The van der Waals surface area contributed by atoms with E-state index >= 15 is 0 Å². The molecule has 0 saturated heterocycles. The second-order valence-electron chi connectivity index (χ2n) is 2.98.